The molecule has 1 fully saturated rings. The molecule has 0 N–H and O–H groups in total. The van der Waals surface area contributed by atoms with Gasteiger partial charge in [-0.1, -0.05) is 0 Å². The third-order valence-corrected chi connectivity index (χ3v) is 5.50. The number of methoxy groups -OCH3 is 1. The number of aromatic nitrogens is 4. The molecule has 4 rings (SSSR count). The van der Waals surface area contributed by atoms with Gasteiger partial charge in [0.2, 0.25) is 11.8 Å². The zero-order chi connectivity index (χ0) is 22.0. The van der Waals surface area contributed by atoms with Crippen LogP contribution < -0.4 is 14.5 Å². The van der Waals surface area contributed by atoms with Crippen molar-refractivity contribution in [3.63, 3.8) is 0 Å². The van der Waals surface area contributed by atoms with Gasteiger partial charge in [-0.2, -0.15) is 18.2 Å². The van der Waals surface area contributed by atoms with Gasteiger partial charge in [-0.3, -0.25) is 0 Å². The third-order valence-electron chi connectivity index (χ3n) is 5.50. The van der Waals surface area contributed by atoms with E-state index < -0.39 is 11.9 Å². The molecular formula is C21H24ClF3N6O. The zero-order valence-corrected chi connectivity index (χ0v) is 18.5. The Kier molecular flexibility index (Phi) is 7.22. The molecule has 3 aromatic heterocycles. The summed E-state index contributed by atoms with van der Waals surface area (Å²) in [5, 5.41) is 0.635. The lowest BCUT2D eigenvalue weighted by molar-refractivity contribution is -0.140. The first-order valence-electron chi connectivity index (χ1n) is 10.0. The van der Waals surface area contributed by atoms with Crippen LogP contribution in [0.5, 0.6) is 5.88 Å². The molecule has 1 aliphatic heterocycles. The number of hydrogen-bond donors (Lipinski definition) is 0. The maximum Gasteiger partial charge on any atom is 0.433 e. The largest absolute Gasteiger partial charge is 0.481 e. The Hall–Kier alpha value is -2.88. The van der Waals surface area contributed by atoms with E-state index >= 15 is 0 Å². The highest BCUT2D eigenvalue weighted by molar-refractivity contribution is 5.89. The van der Waals surface area contributed by atoms with Gasteiger partial charge >= 0.3 is 6.18 Å². The fraction of sp³-hybridized carbons (Fsp3) is 0.429. The van der Waals surface area contributed by atoms with Crippen LogP contribution in [0.4, 0.5) is 24.9 Å². The summed E-state index contributed by atoms with van der Waals surface area (Å²) in [6.45, 7) is 2.34. The van der Waals surface area contributed by atoms with Crippen molar-refractivity contribution in [2.45, 2.75) is 19.0 Å². The fourth-order valence-electron chi connectivity index (χ4n) is 3.88. The lowest BCUT2D eigenvalue weighted by atomic mass is 9.96. The Labute approximate surface area is 190 Å². The second-order valence-corrected chi connectivity index (χ2v) is 7.61. The second-order valence-electron chi connectivity index (χ2n) is 7.61. The maximum absolute atomic E-state index is 13.0. The van der Waals surface area contributed by atoms with Gasteiger partial charge in [-0.05, 0) is 37.0 Å². The van der Waals surface area contributed by atoms with Crippen LogP contribution in [0.15, 0.2) is 36.7 Å². The molecule has 0 atom stereocenters. The number of ether oxygens (including phenoxy) is 1. The number of alkyl halides is 3. The molecule has 0 saturated carbocycles. The standard InChI is InChI=1S/C21H23F3N6O.ClH/c1-29(20-26-10-6-18(28-20)31-2)13-14-7-11-30(12-8-14)19-15-3-4-17(21(22,23)24)27-16(15)5-9-25-19;/h3-6,9-10,14H,7-8,11-13H2,1-2H3;1H. The Balaban J connectivity index is 0.00000289. The molecule has 0 spiro atoms. The van der Waals surface area contributed by atoms with Crippen LogP contribution in [-0.4, -0.2) is 53.7 Å². The number of rotatable bonds is 5. The quantitative estimate of drug-likeness (QED) is 0.555. The summed E-state index contributed by atoms with van der Waals surface area (Å²) in [6.07, 6.45) is 0.588. The molecular weight excluding hydrogens is 445 g/mol. The van der Waals surface area contributed by atoms with Crippen LogP contribution in [0, 0.1) is 5.92 Å². The van der Waals surface area contributed by atoms with Gasteiger partial charge in [0, 0.05) is 50.5 Å². The minimum Gasteiger partial charge on any atom is -0.481 e. The smallest absolute Gasteiger partial charge is 0.433 e. The molecule has 172 valence electrons. The van der Waals surface area contributed by atoms with Crippen molar-refractivity contribution in [2.24, 2.45) is 5.92 Å². The van der Waals surface area contributed by atoms with E-state index in [0.29, 0.717) is 34.5 Å². The number of halogens is 4. The molecule has 0 unspecified atom stereocenters. The molecule has 1 saturated heterocycles. The number of anilines is 2. The molecule has 11 heteroatoms. The molecule has 0 aliphatic carbocycles. The minimum atomic E-state index is -4.46. The van der Waals surface area contributed by atoms with E-state index in [9.17, 15) is 13.2 Å². The van der Waals surface area contributed by atoms with Crippen molar-refractivity contribution in [1.29, 1.82) is 0 Å². The van der Waals surface area contributed by atoms with E-state index in [1.165, 1.54) is 18.3 Å². The third kappa shape index (κ3) is 5.12. The monoisotopic (exact) mass is 468 g/mol. The Bertz CT molecular complexity index is 1060. The van der Waals surface area contributed by atoms with E-state index in [4.69, 9.17) is 4.74 Å². The Morgan fingerprint density at radius 3 is 2.47 bits per heavy atom. The average Bonchev–Trinajstić information content (AvgIpc) is 2.78. The topological polar surface area (TPSA) is 67.3 Å². The highest BCUT2D eigenvalue weighted by Gasteiger charge is 2.33. The predicted octanol–water partition coefficient (Wildman–Crippen LogP) is 4.22. The average molecular weight is 469 g/mol. The summed E-state index contributed by atoms with van der Waals surface area (Å²) in [5.74, 6) is 2.27. The summed E-state index contributed by atoms with van der Waals surface area (Å²) < 4.78 is 44.1. The van der Waals surface area contributed by atoms with Crippen molar-refractivity contribution in [3.05, 3.63) is 42.4 Å². The van der Waals surface area contributed by atoms with Crippen LogP contribution in [0.2, 0.25) is 0 Å². The fourth-order valence-corrected chi connectivity index (χ4v) is 3.88. The summed E-state index contributed by atoms with van der Waals surface area (Å²) in [4.78, 5) is 21.0. The maximum atomic E-state index is 13.0. The van der Waals surface area contributed by atoms with Crippen molar-refractivity contribution < 1.29 is 17.9 Å². The highest BCUT2D eigenvalue weighted by Crippen LogP contribution is 2.32. The van der Waals surface area contributed by atoms with Crippen molar-refractivity contribution in [2.75, 3.05) is 43.6 Å². The van der Waals surface area contributed by atoms with Crippen molar-refractivity contribution >= 4 is 35.1 Å². The summed E-state index contributed by atoms with van der Waals surface area (Å²) in [7, 11) is 3.53. The van der Waals surface area contributed by atoms with Gasteiger partial charge < -0.3 is 14.5 Å². The van der Waals surface area contributed by atoms with Crippen LogP contribution in [0.25, 0.3) is 10.9 Å². The number of fused-ring (bicyclic) bond motifs is 1. The molecule has 1 aliphatic rings. The van der Waals surface area contributed by atoms with Crippen LogP contribution in [-0.2, 0) is 6.18 Å². The number of pyridine rings is 2. The van der Waals surface area contributed by atoms with Crippen molar-refractivity contribution in [3.8, 4) is 5.88 Å². The first-order chi connectivity index (χ1) is 14.8. The zero-order valence-electron chi connectivity index (χ0n) is 17.7. The van der Waals surface area contributed by atoms with Gasteiger partial charge in [0.1, 0.15) is 11.5 Å². The van der Waals surface area contributed by atoms with Gasteiger partial charge in [0.25, 0.3) is 0 Å². The van der Waals surface area contributed by atoms with E-state index in [1.54, 1.807) is 19.4 Å². The summed E-state index contributed by atoms with van der Waals surface area (Å²) in [6, 6.07) is 5.71. The van der Waals surface area contributed by atoms with Gasteiger partial charge in [-0.25, -0.2) is 15.0 Å². The minimum absolute atomic E-state index is 0. The Morgan fingerprint density at radius 2 is 1.78 bits per heavy atom. The van der Waals surface area contributed by atoms with Crippen LogP contribution in [0.3, 0.4) is 0 Å². The van der Waals surface area contributed by atoms with E-state index in [-0.39, 0.29) is 12.4 Å². The second kappa shape index (κ2) is 9.72. The molecule has 3 aromatic rings. The van der Waals surface area contributed by atoms with Crippen LogP contribution >= 0.6 is 12.4 Å². The highest BCUT2D eigenvalue weighted by atomic mass is 35.5. The molecule has 0 bridgehead atoms. The SMILES string of the molecule is COc1ccnc(N(C)CC2CCN(c3nccc4nc(C(F)(F)F)ccc34)CC2)n1.Cl. The van der Waals surface area contributed by atoms with E-state index in [0.717, 1.165) is 38.5 Å². The number of piperidine rings is 1. The molecule has 0 amide bonds. The molecule has 32 heavy (non-hydrogen) atoms. The van der Waals surface area contributed by atoms with E-state index in [1.807, 2.05) is 11.9 Å². The van der Waals surface area contributed by atoms with Gasteiger partial charge in [0.05, 0.1) is 12.6 Å². The summed E-state index contributed by atoms with van der Waals surface area (Å²) >= 11 is 0. The van der Waals surface area contributed by atoms with E-state index in [2.05, 4.69) is 24.8 Å². The molecule has 4 heterocycles. The Morgan fingerprint density at radius 1 is 1.06 bits per heavy atom. The van der Waals surface area contributed by atoms with Crippen LogP contribution in [0.1, 0.15) is 18.5 Å². The molecule has 0 aromatic carbocycles. The predicted molar refractivity (Wildman–Crippen MR) is 119 cm³/mol. The lowest BCUT2D eigenvalue weighted by Crippen LogP contribution is -2.38. The van der Waals surface area contributed by atoms with Gasteiger partial charge in [0.15, 0.2) is 0 Å². The first-order valence-corrected chi connectivity index (χ1v) is 10.0. The lowest BCUT2D eigenvalue weighted by Gasteiger charge is -2.35. The number of hydrogen-bond acceptors (Lipinski definition) is 7. The molecule has 7 nitrogen and oxygen atoms in total. The molecule has 0 radical (unpaired) electrons. The summed E-state index contributed by atoms with van der Waals surface area (Å²) in [5.41, 5.74) is -0.587. The normalized spacial score (nSPS) is 14.8. The van der Waals surface area contributed by atoms with Gasteiger partial charge in [-0.15, -0.1) is 12.4 Å². The number of nitrogens with zero attached hydrogens (tertiary/aromatic N) is 6. The first kappa shape index (κ1) is 23.8. The van der Waals surface area contributed by atoms with Crippen molar-refractivity contribution in [1.82, 2.24) is 19.9 Å².